The highest BCUT2D eigenvalue weighted by atomic mass is 19.1. The van der Waals surface area contributed by atoms with E-state index in [1.807, 2.05) is 0 Å². The van der Waals surface area contributed by atoms with Crippen LogP contribution in [0.2, 0.25) is 0 Å². The van der Waals surface area contributed by atoms with E-state index in [0.717, 1.165) is 5.56 Å². The van der Waals surface area contributed by atoms with E-state index in [-0.39, 0.29) is 24.3 Å². The first-order valence-electron chi connectivity index (χ1n) is 6.66. The van der Waals surface area contributed by atoms with Gasteiger partial charge in [-0.1, -0.05) is 13.0 Å². The molecule has 0 aliphatic heterocycles. The van der Waals surface area contributed by atoms with Gasteiger partial charge in [0.1, 0.15) is 5.82 Å². The van der Waals surface area contributed by atoms with Crippen LogP contribution in [-0.4, -0.2) is 44.0 Å². The first-order chi connectivity index (χ1) is 9.83. The molecule has 116 valence electrons. The molecule has 1 amide bonds. The minimum atomic E-state index is -0.399. The van der Waals surface area contributed by atoms with Crippen molar-refractivity contribution in [1.82, 2.24) is 4.90 Å². The van der Waals surface area contributed by atoms with Gasteiger partial charge in [-0.25, -0.2) is 4.39 Å². The average Bonchev–Trinajstić information content (AvgIpc) is 2.41. The van der Waals surface area contributed by atoms with Gasteiger partial charge in [-0.05, 0) is 31.7 Å². The van der Waals surface area contributed by atoms with E-state index in [9.17, 15) is 14.0 Å². The number of hydrogen-bond acceptors (Lipinski definition) is 4. The van der Waals surface area contributed by atoms with Crippen molar-refractivity contribution in [3.8, 4) is 0 Å². The first-order valence-corrected chi connectivity index (χ1v) is 6.66. The molecule has 0 saturated heterocycles. The zero-order valence-corrected chi connectivity index (χ0v) is 12.8. The molecule has 1 unspecified atom stereocenters. The molecule has 5 nitrogen and oxygen atoms in total. The highest BCUT2D eigenvalue weighted by Gasteiger charge is 2.17. The lowest BCUT2D eigenvalue weighted by molar-refractivity contribution is -0.145. The van der Waals surface area contributed by atoms with Crippen molar-refractivity contribution in [3.63, 3.8) is 0 Å². The Hall–Kier alpha value is -1.95. The summed E-state index contributed by atoms with van der Waals surface area (Å²) in [6.45, 7) is 4.04. The molecule has 0 aromatic heterocycles. The zero-order valence-electron chi connectivity index (χ0n) is 12.8. The van der Waals surface area contributed by atoms with Crippen molar-refractivity contribution < 1.29 is 18.7 Å². The number of nitrogens with zero attached hydrogens (tertiary/aromatic N) is 1. The zero-order chi connectivity index (χ0) is 16.0. The lowest BCUT2D eigenvalue weighted by Gasteiger charge is -2.19. The van der Waals surface area contributed by atoms with Crippen LogP contribution in [0.4, 0.5) is 10.1 Å². The number of likely N-dealkylation sites (N-methyl/N-ethyl adjacent to an activating group) is 1. The van der Waals surface area contributed by atoms with E-state index in [1.165, 1.54) is 19.2 Å². The third-order valence-electron chi connectivity index (χ3n) is 3.08. The Labute approximate surface area is 124 Å². The second-order valence-corrected chi connectivity index (χ2v) is 5.13. The quantitative estimate of drug-likeness (QED) is 0.813. The molecule has 21 heavy (non-hydrogen) atoms. The van der Waals surface area contributed by atoms with E-state index < -0.39 is 5.82 Å². The molecule has 0 radical (unpaired) electrons. The normalized spacial score (nSPS) is 12.1. The number of ether oxygens (including phenoxy) is 1. The highest BCUT2D eigenvalue weighted by molar-refractivity contribution is 5.93. The van der Waals surface area contributed by atoms with Crippen LogP contribution < -0.4 is 5.32 Å². The number of methoxy groups -OCH3 is 1. The fourth-order valence-corrected chi connectivity index (χ4v) is 1.97. The summed E-state index contributed by atoms with van der Waals surface area (Å²) in [5.41, 5.74) is 1.24. The van der Waals surface area contributed by atoms with E-state index in [2.05, 4.69) is 10.1 Å². The van der Waals surface area contributed by atoms with E-state index >= 15 is 0 Å². The van der Waals surface area contributed by atoms with Crippen LogP contribution >= 0.6 is 0 Å². The topological polar surface area (TPSA) is 58.6 Å². The molecule has 0 aliphatic rings. The smallest absolute Gasteiger partial charge is 0.309 e. The van der Waals surface area contributed by atoms with Crippen LogP contribution in [0.25, 0.3) is 0 Å². The van der Waals surface area contributed by atoms with Crippen molar-refractivity contribution in [1.29, 1.82) is 0 Å². The molecule has 1 aromatic carbocycles. The number of amides is 1. The Morgan fingerprint density at radius 3 is 2.71 bits per heavy atom. The fraction of sp³-hybridized carbons (Fsp3) is 0.467. The van der Waals surface area contributed by atoms with Gasteiger partial charge in [0.25, 0.3) is 0 Å². The van der Waals surface area contributed by atoms with Crippen molar-refractivity contribution >= 4 is 17.6 Å². The molecule has 0 saturated carbocycles. The predicted molar refractivity (Wildman–Crippen MR) is 78.4 cm³/mol. The fourth-order valence-electron chi connectivity index (χ4n) is 1.97. The SMILES string of the molecule is COC(=O)C(C)CN(C)CC(=O)Nc1cc(F)ccc1C. The number of esters is 1. The molecule has 0 fully saturated rings. The van der Waals surface area contributed by atoms with E-state index in [0.29, 0.717) is 12.2 Å². The number of halogens is 1. The predicted octanol–water partition coefficient (Wildman–Crippen LogP) is 1.81. The molecular formula is C15H21FN2O3. The van der Waals surface area contributed by atoms with Crippen LogP contribution in [0.5, 0.6) is 0 Å². The van der Waals surface area contributed by atoms with Crippen LogP contribution in [0.3, 0.4) is 0 Å². The number of nitrogens with one attached hydrogen (secondary N) is 1. The van der Waals surface area contributed by atoms with Crippen molar-refractivity contribution in [2.45, 2.75) is 13.8 Å². The molecule has 0 spiro atoms. The summed E-state index contributed by atoms with van der Waals surface area (Å²) < 4.78 is 17.8. The minimum Gasteiger partial charge on any atom is -0.469 e. The summed E-state index contributed by atoms with van der Waals surface area (Å²) in [5.74, 6) is -1.29. The Balaban J connectivity index is 2.53. The molecule has 1 aromatic rings. The van der Waals surface area contributed by atoms with Crippen molar-refractivity contribution in [2.24, 2.45) is 5.92 Å². The van der Waals surface area contributed by atoms with Crippen LogP contribution in [-0.2, 0) is 14.3 Å². The third-order valence-corrected chi connectivity index (χ3v) is 3.08. The Morgan fingerprint density at radius 2 is 2.10 bits per heavy atom. The molecule has 0 bridgehead atoms. The van der Waals surface area contributed by atoms with Gasteiger partial charge in [0.2, 0.25) is 5.91 Å². The van der Waals surface area contributed by atoms with Gasteiger partial charge < -0.3 is 10.1 Å². The molecule has 6 heteroatoms. The monoisotopic (exact) mass is 296 g/mol. The van der Waals surface area contributed by atoms with Gasteiger partial charge >= 0.3 is 5.97 Å². The molecular weight excluding hydrogens is 275 g/mol. The first kappa shape index (κ1) is 17.1. The number of anilines is 1. The maximum Gasteiger partial charge on any atom is 0.309 e. The van der Waals surface area contributed by atoms with Gasteiger partial charge in [-0.3, -0.25) is 14.5 Å². The van der Waals surface area contributed by atoms with Crippen LogP contribution in [0.1, 0.15) is 12.5 Å². The summed E-state index contributed by atoms with van der Waals surface area (Å²) in [4.78, 5) is 24.9. The number of carbonyl (C=O) groups is 2. The maximum atomic E-state index is 13.1. The average molecular weight is 296 g/mol. The summed E-state index contributed by atoms with van der Waals surface area (Å²) >= 11 is 0. The minimum absolute atomic E-state index is 0.108. The second-order valence-electron chi connectivity index (χ2n) is 5.13. The molecule has 0 aliphatic carbocycles. The largest absolute Gasteiger partial charge is 0.469 e. The number of aryl methyl sites for hydroxylation is 1. The number of carbonyl (C=O) groups excluding carboxylic acids is 2. The van der Waals surface area contributed by atoms with Gasteiger partial charge in [-0.15, -0.1) is 0 Å². The van der Waals surface area contributed by atoms with Crippen LogP contribution in [0, 0.1) is 18.7 Å². The van der Waals surface area contributed by atoms with E-state index in [1.54, 1.807) is 31.9 Å². The van der Waals surface area contributed by atoms with Gasteiger partial charge in [0.05, 0.1) is 19.6 Å². The summed E-state index contributed by atoms with van der Waals surface area (Å²) in [5, 5.41) is 2.66. The molecule has 0 heterocycles. The molecule has 1 N–H and O–H groups in total. The Kier molecular flexibility index (Phi) is 6.30. The van der Waals surface area contributed by atoms with Crippen LogP contribution in [0.15, 0.2) is 18.2 Å². The number of benzene rings is 1. The van der Waals surface area contributed by atoms with Gasteiger partial charge in [0, 0.05) is 12.2 Å². The Bertz CT molecular complexity index is 520. The van der Waals surface area contributed by atoms with Crippen molar-refractivity contribution in [2.75, 3.05) is 32.6 Å². The lowest BCUT2D eigenvalue weighted by Crippen LogP contribution is -2.35. The standard InChI is InChI=1S/C15H21FN2O3/c1-10-5-6-12(16)7-13(10)17-14(19)9-18(3)8-11(2)15(20)21-4/h5-7,11H,8-9H2,1-4H3,(H,17,19). The van der Waals surface area contributed by atoms with Crippen molar-refractivity contribution in [3.05, 3.63) is 29.6 Å². The second kappa shape index (κ2) is 7.73. The molecule has 1 rings (SSSR count). The molecule has 1 atom stereocenters. The maximum absolute atomic E-state index is 13.1. The number of hydrogen-bond donors (Lipinski definition) is 1. The summed E-state index contributed by atoms with van der Waals surface area (Å²) in [6, 6.07) is 4.23. The Morgan fingerprint density at radius 1 is 1.43 bits per heavy atom. The summed E-state index contributed by atoms with van der Waals surface area (Å²) in [7, 11) is 3.07. The van der Waals surface area contributed by atoms with Gasteiger partial charge in [0.15, 0.2) is 0 Å². The third kappa shape index (κ3) is 5.51. The van der Waals surface area contributed by atoms with Gasteiger partial charge in [-0.2, -0.15) is 0 Å². The summed E-state index contributed by atoms with van der Waals surface area (Å²) in [6.07, 6.45) is 0. The van der Waals surface area contributed by atoms with E-state index in [4.69, 9.17) is 0 Å². The lowest BCUT2D eigenvalue weighted by atomic mass is 10.1. The number of rotatable bonds is 6. The highest BCUT2D eigenvalue weighted by Crippen LogP contribution is 2.15.